The minimum atomic E-state index is -0.424. The molecule has 0 spiro atoms. The van der Waals surface area contributed by atoms with E-state index in [9.17, 15) is 4.39 Å². The molecule has 2 nitrogen and oxygen atoms in total. The number of halogens is 1. The second-order valence-corrected chi connectivity index (χ2v) is 4.38. The first-order chi connectivity index (χ1) is 9.69. The predicted octanol–water partition coefficient (Wildman–Crippen LogP) is 3.06. The number of aryl methyl sites for hydroxylation is 1. The highest BCUT2D eigenvalue weighted by Crippen LogP contribution is 2.20. The predicted molar refractivity (Wildman–Crippen MR) is 75.9 cm³/mol. The Labute approximate surface area is 117 Å². The van der Waals surface area contributed by atoms with Gasteiger partial charge in [0.2, 0.25) is 0 Å². The van der Waals surface area contributed by atoms with E-state index < -0.39 is 5.82 Å². The van der Waals surface area contributed by atoms with Crippen LogP contribution < -0.4 is 4.74 Å². The molecule has 1 N–H and O–H groups in total. The fraction of sp³-hybridized carbons (Fsp3) is 0.176. The first-order valence-electron chi connectivity index (χ1n) is 6.26. The maximum Gasteiger partial charge on any atom is 0.165 e. The van der Waals surface area contributed by atoms with Crippen molar-refractivity contribution in [3.8, 4) is 17.6 Å². The third-order valence-electron chi connectivity index (χ3n) is 2.76. The van der Waals surface area contributed by atoms with Crippen molar-refractivity contribution in [3.05, 3.63) is 65.0 Å². The molecule has 0 aliphatic heterocycles. The molecule has 3 heteroatoms. The molecule has 0 heterocycles. The largest absolute Gasteiger partial charge is 0.486 e. The molecule has 0 bridgehead atoms. The molecule has 0 fully saturated rings. The first kappa shape index (κ1) is 14.1. The summed E-state index contributed by atoms with van der Waals surface area (Å²) in [5.41, 5.74) is 2.75. The van der Waals surface area contributed by atoms with Gasteiger partial charge in [-0.2, -0.15) is 0 Å². The molecule has 0 unspecified atom stereocenters. The van der Waals surface area contributed by atoms with Gasteiger partial charge in [0.15, 0.2) is 11.6 Å². The smallest absolute Gasteiger partial charge is 0.165 e. The Kier molecular flexibility index (Phi) is 4.75. The number of rotatable bonds is 3. The van der Waals surface area contributed by atoms with E-state index in [1.54, 1.807) is 6.07 Å². The van der Waals surface area contributed by atoms with E-state index in [4.69, 9.17) is 9.84 Å². The summed E-state index contributed by atoms with van der Waals surface area (Å²) in [6.45, 7) is 2.08. The summed E-state index contributed by atoms with van der Waals surface area (Å²) in [6.07, 6.45) is 0. The molecule has 0 saturated heterocycles. The third-order valence-corrected chi connectivity index (χ3v) is 2.76. The van der Waals surface area contributed by atoms with Crippen LogP contribution in [0.2, 0.25) is 0 Å². The normalized spacial score (nSPS) is 9.75. The van der Waals surface area contributed by atoms with Gasteiger partial charge in [-0.05, 0) is 30.7 Å². The maximum atomic E-state index is 13.6. The molecule has 0 amide bonds. The van der Waals surface area contributed by atoms with Crippen molar-refractivity contribution < 1.29 is 14.2 Å². The quantitative estimate of drug-likeness (QED) is 0.869. The van der Waals surface area contributed by atoms with Crippen molar-refractivity contribution in [1.82, 2.24) is 0 Å². The molecular formula is C17H15FO2. The van der Waals surface area contributed by atoms with E-state index in [0.717, 1.165) is 5.56 Å². The van der Waals surface area contributed by atoms with Crippen molar-refractivity contribution in [3.63, 3.8) is 0 Å². The monoisotopic (exact) mass is 270 g/mol. The highest BCUT2D eigenvalue weighted by molar-refractivity contribution is 5.40. The summed E-state index contributed by atoms with van der Waals surface area (Å²) < 4.78 is 19.1. The van der Waals surface area contributed by atoms with Crippen molar-refractivity contribution in [2.24, 2.45) is 0 Å². The number of aliphatic hydroxyl groups is 1. The highest BCUT2D eigenvalue weighted by Gasteiger charge is 2.04. The van der Waals surface area contributed by atoms with Crippen LogP contribution >= 0.6 is 0 Å². The fourth-order valence-electron chi connectivity index (χ4n) is 1.68. The summed E-state index contributed by atoms with van der Waals surface area (Å²) in [6, 6.07) is 12.3. The summed E-state index contributed by atoms with van der Waals surface area (Å²) >= 11 is 0. The number of benzene rings is 2. The van der Waals surface area contributed by atoms with Crippen LogP contribution in [0.3, 0.4) is 0 Å². The maximum absolute atomic E-state index is 13.6. The minimum Gasteiger partial charge on any atom is -0.486 e. The van der Waals surface area contributed by atoms with E-state index in [2.05, 4.69) is 11.8 Å². The Morgan fingerprint density at radius 3 is 2.60 bits per heavy atom. The lowest BCUT2D eigenvalue weighted by molar-refractivity contribution is 0.290. The van der Waals surface area contributed by atoms with Gasteiger partial charge in [0, 0.05) is 5.56 Å². The highest BCUT2D eigenvalue weighted by atomic mass is 19.1. The van der Waals surface area contributed by atoms with Crippen LogP contribution in [-0.2, 0) is 6.61 Å². The van der Waals surface area contributed by atoms with Crippen molar-refractivity contribution >= 4 is 0 Å². The zero-order chi connectivity index (χ0) is 14.4. The zero-order valence-corrected chi connectivity index (χ0v) is 11.2. The Balaban J connectivity index is 2.10. The number of ether oxygens (including phenoxy) is 1. The first-order valence-corrected chi connectivity index (χ1v) is 6.26. The topological polar surface area (TPSA) is 29.5 Å². The zero-order valence-electron chi connectivity index (χ0n) is 11.2. The van der Waals surface area contributed by atoms with Gasteiger partial charge >= 0.3 is 0 Å². The number of aliphatic hydroxyl groups excluding tert-OH is 1. The lowest BCUT2D eigenvalue weighted by atomic mass is 10.1. The molecule has 0 atom stereocenters. The van der Waals surface area contributed by atoms with Crippen LogP contribution in [0.1, 0.15) is 16.7 Å². The number of hydrogen-bond acceptors (Lipinski definition) is 2. The molecule has 0 aromatic heterocycles. The number of hydrogen-bond donors (Lipinski definition) is 1. The van der Waals surface area contributed by atoms with E-state index in [1.807, 2.05) is 31.2 Å². The van der Waals surface area contributed by atoms with E-state index >= 15 is 0 Å². The van der Waals surface area contributed by atoms with Gasteiger partial charge in [0.25, 0.3) is 0 Å². The summed E-state index contributed by atoms with van der Waals surface area (Å²) in [4.78, 5) is 0. The molecule has 102 valence electrons. The molecule has 0 aliphatic carbocycles. The second-order valence-electron chi connectivity index (χ2n) is 4.38. The lowest BCUT2D eigenvalue weighted by Crippen LogP contribution is -1.98. The Morgan fingerprint density at radius 2 is 1.90 bits per heavy atom. The van der Waals surface area contributed by atoms with Gasteiger partial charge < -0.3 is 9.84 Å². The van der Waals surface area contributed by atoms with Crippen LogP contribution in [0, 0.1) is 24.6 Å². The summed E-state index contributed by atoms with van der Waals surface area (Å²) in [5.74, 6) is 4.98. The van der Waals surface area contributed by atoms with E-state index in [0.29, 0.717) is 12.2 Å². The van der Waals surface area contributed by atoms with Crippen molar-refractivity contribution in [2.45, 2.75) is 13.5 Å². The molecular weight excluding hydrogens is 255 g/mol. The molecule has 2 aromatic carbocycles. The summed E-state index contributed by atoms with van der Waals surface area (Å²) in [7, 11) is 0. The Hall–Kier alpha value is -2.31. The van der Waals surface area contributed by atoms with Crippen molar-refractivity contribution in [2.75, 3.05) is 6.61 Å². The molecule has 2 aromatic rings. The van der Waals surface area contributed by atoms with Crippen molar-refractivity contribution in [1.29, 1.82) is 0 Å². The molecule has 0 aliphatic rings. The van der Waals surface area contributed by atoms with Gasteiger partial charge in [-0.15, -0.1) is 0 Å². The molecule has 0 saturated carbocycles. The average Bonchev–Trinajstić information content (AvgIpc) is 2.46. The van der Waals surface area contributed by atoms with Crippen LogP contribution in [0.5, 0.6) is 5.75 Å². The third kappa shape index (κ3) is 3.84. The van der Waals surface area contributed by atoms with Crippen LogP contribution in [0.4, 0.5) is 4.39 Å². The minimum absolute atomic E-state index is 0.162. The van der Waals surface area contributed by atoms with Crippen LogP contribution in [0.15, 0.2) is 42.5 Å². The standard InChI is InChI=1S/C17H15FO2/c1-13-4-6-15(7-5-13)12-20-17-11-14(3-2-10-19)8-9-16(17)18/h4-9,11,19H,10,12H2,1H3. The van der Waals surface area contributed by atoms with Gasteiger partial charge in [-0.3, -0.25) is 0 Å². The van der Waals surface area contributed by atoms with E-state index in [-0.39, 0.29) is 12.4 Å². The van der Waals surface area contributed by atoms with Gasteiger partial charge in [-0.25, -0.2) is 4.39 Å². The van der Waals surface area contributed by atoms with Crippen LogP contribution in [0.25, 0.3) is 0 Å². The lowest BCUT2D eigenvalue weighted by Gasteiger charge is -2.08. The molecule has 20 heavy (non-hydrogen) atoms. The second kappa shape index (κ2) is 6.74. The SMILES string of the molecule is Cc1ccc(COc2cc(C#CCO)ccc2F)cc1. The van der Waals surface area contributed by atoms with E-state index in [1.165, 1.54) is 17.7 Å². The molecule has 0 radical (unpaired) electrons. The summed E-state index contributed by atoms with van der Waals surface area (Å²) in [5, 5.41) is 8.65. The fourth-order valence-corrected chi connectivity index (χ4v) is 1.68. The molecule has 2 rings (SSSR count). The Morgan fingerprint density at radius 1 is 1.15 bits per heavy atom. The van der Waals surface area contributed by atoms with Gasteiger partial charge in [0.1, 0.15) is 13.2 Å². The van der Waals surface area contributed by atoms with Crippen LogP contribution in [-0.4, -0.2) is 11.7 Å². The Bertz CT molecular complexity index is 636. The average molecular weight is 270 g/mol. The van der Waals surface area contributed by atoms with Gasteiger partial charge in [-0.1, -0.05) is 41.7 Å². The van der Waals surface area contributed by atoms with Gasteiger partial charge in [0.05, 0.1) is 0 Å².